The molecule has 0 aliphatic rings. The largest absolute Gasteiger partial charge is 0.494 e. The Kier molecular flexibility index (Phi) is 4.71. The van der Waals surface area contributed by atoms with Gasteiger partial charge in [-0.2, -0.15) is 0 Å². The number of carbonyl (C=O) groups excluding carboxylic acids is 1. The predicted octanol–water partition coefficient (Wildman–Crippen LogP) is 2.62. The topological polar surface area (TPSA) is 76.1 Å². The molecule has 2 aromatic rings. The van der Waals surface area contributed by atoms with Crippen molar-refractivity contribution in [2.45, 2.75) is 19.9 Å². The molecule has 1 amide bonds. The Balaban J connectivity index is 2.08. The molecule has 1 unspecified atom stereocenters. The van der Waals surface area contributed by atoms with E-state index in [1.165, 1.54) is 6.92 Å². The Morgan fingerprint density at radius 1 is 1.29 bits per heavy atom. The van der Waals surface area contributed by atoms with Crippen LogP contribution in [0.1, 0.15) is 25.5 Å². The second kappa shape index (κ2) is 6.69. The summed E-state index contributed by atoms with van der Waals surface area (Å²) in [5, 5.41) is 5.96. The quantitative estimate of drug-likeness (QED) is 0.883. The Bertz CT molecular complexity index is 613. The van der Waals surface area contributed by atoms with Gasteiger partial charge >= 0.3 is 0 Å². The third-order valence-corrected chi connectivity index (χ3v) is 2.92. The van der Waals surface area contributed by atoms with Crippen molar-refractivity contribution >= 4 is 17.5 Å². The van der Waals surface area contributed by atoms with Gasteiger partial charge in [0.1, 0.15) is 0 Å². The molecule has 6 nitrogen and oxygen atoms in total. The lowest BCUT2D eigenvalue weighted by atomic mass is 10.1. The van der Waals surface area contributed by atoms with Gasteiger partial charge in [-0.3, -0.25) is 4.79 Å². The Hall–Kier alpha value is -2.63. The molecular weight excluding hydrogens is 268 g/mol. The minimum absolute atomic E-state index is 0.00658. The van der Waals surface area contributed by atoms with Crippen LogP contribution in [0.25, 0.3) is 0 Å². The molecule has 21 heavy (non-hydrogen) atoms. The van der Waals surface area contributed by atoms with Crippen LogP contribution in [0.4, 0.5) is 11.6 Å². The van der Waals surface area contributed by atoms with Crippen LogP contribution in [0.3, 0.4) is 0 Å². The fraction of sp³-hybridized carbons (Fsp3) is 0.267. The fourth-order valence-corrected chi connectivity index (χ4v) is 1.86. The minimum Gasteiger partial charge on any atom is -0.494 e. The highest BCUT2D eigenvalue weighted by atomic mass is 16.5. The molecule has 1 heterocycles. The van der Waals surface area contributed by atoms with Crippen molar-refractivity contribution < 1.29 is 9.53 Å². The Morgan fingerprint density at radius 2 is 2.00 bits per heavy atom. The number of aromatic nitrogens is 2. The summed E-state index contributed by atoms with van der Waals surface area (Å²) < 4.78 is 5.02. The SMILES string of the molecule is COc1cnc(NC(C)c2cccc(NC(C)=O)c2)nc1. The molecule has 0 fully saturated rings. The van der Waals surface area contributed by atoms with E-state index in [9.17, 15) is 4.79 Å². The van der Waals surface area contributed by atoms with E-state index in [1.807, 2.05) is 31.2 Å². The molecular formula is C15H18N4O2. The molecule has 0 bridgehead atoms. The van der Waals surface area contributed by atoms with Gasteiger partial charge in [0.25, 0.3) is 0 Å². The molecule has 1 atom stereocenters. The molecule has 0 saturated carbocycles. The number of benzene rings is 1. The van der Waals surface area contributed by atoms with Crippen molar-refractivity contribution in [1.82, 2.24) is 9.97 Å². The van der Waals surface area contributed by atoms with Gasteiger partial charge in [-0.25, -0.2) is 9.97 Å². The average molecular weight is 286 g/mol. The maximum Gasteiger partial charge on any atom is 0.223 e. The zero-order valence-corrected chi connectivity index (χ0v) is 12.3. The van der Waals surface area contributed by atoms with Gasteiger partial charge in [0.2, 0.25) is 11.9 Å². The number of rotatable bonds is 5. The van der Waals surface area contributed by atoms with Crippen molar-refractivity contribution in [1.29, 1.82) is 0 Å². The van der Waals surface area contributed by atoms with E-state index < -0.39 is 0 Å². The van der Waals surface area contributed by atoms with Gasteiger partial charge in [0.05, 0.1) is 25.5 Å². The molecule has 1 aromatic carbocycles. The summed E-state index contributed by atoms with van der Waals surface area (Å²) >= 11 is 0. The van der Waals surface area contributed by atoms with Gasteiger partial charge in [-0.05, 0) is 24.6 Å². The number of ether oxygens (including phenoxy) is 1. The van der Waals surface area contributed by atoms with Crippen LogP contribution in [-0.2, 0) is 4.79 Å². The zero-order valence-electron chi connectivity index (χ0n) is 12.3. The molecule has 2 rings (SSSR count). The number of anilines is 2. The van der Waals surface area contributed by atoms with Gasteiger partial charge in [-0.1, -0.05) is 12.1 Å². The first-order chi connectivity index (χ1) is 10.1. The molecule has 110 valence electrons. The third-order valence-electron chi connectivity index (χ3n) is 2.92. The second-order valence-corrected chi connectivity index (χ2v) is 4.62. The number of amides is 1. The summed E-state index contributed by atoms with van der Waals surface area (Å²) in [6, 6.07) is 7.65. The summed E-state index contributed by atoms with van der Waals surface area (Å²) in [7, 11) is 1.57. The summed E-state index contributed by atoms with van der Waals surface area (Å²) in [4.78, 5) is 19.4. The van der Waals surface area contributed by atoms with Crippen molar-refractivity contribution in [3.8, 4) is 5.75 Å². The van der Waals surface area contributed by atoms with E-state index in [4.69, 9.17) is 4.74 Å². The van der Waals surface area contributed by atoms with Crippen LogP contribution in [0.15, 0.2) is 36.7 Å². The highest BCUT2D eigenvalue weighted by Gasteiger charge is 2.08. The number of hydrogen-bond acceptors (Lipinski definition) is 5. The van der Waals surface area contributed by atoms with Crippen LogP contribution in [0, 0.1) is 0 Å². The molecule has 0 aliphatic heterocycles. The van der Waals surface area contributed by atoms with Crippen molar-refractivity contribution in [3.05, 3.63) is 42.2 Å². The standard InChI is InChI=1S/C15H18N4O2/c1-10(18-15-16-8-14(21-3)9-17-15)12-5-4-6-13(7-12)19-11(2)20/h4-10H,1-3H3,(H,19,20)(H,16,17,18). The molecule has 0 saturated heterocycles. The maximum absolute atomic E-state index is 11.1. The number of hydrogen-bond donors (Lipinski definition) is 2. The maximum atomic E-state index is 11.1. The van der Waals surface area contributed by atoms with E-state index in [2.05, 4.69) is 20.6 Å². The monoisotopic (exact) mass is 286 g/mol. The fourth-order valence-electron chi connectivity index (χ4n) is 1.86. The molecule has 6 heteroatoms. The minimum atomic E-state index is -0.0914. The summed E-state index contributed by atoms with van der Waals surface area (Å²) in [5.74, 6) is 1.04. The van der Waals surface area contributed by atoms with Crippen molar-refractivity contribution in [2.75, 3.05) is 17.7 Å². The van der Waals surface area contributed by atoms with Crippen LogP contribution in [-0.4, -0.2) is 23.0 Å². The Labute approximate surface area is 123 Å². The normalized spacial score (nSPS) is 11.6. The van der Waals surface area contributed by atoms with Gasteiger partial charge in [-0.15, -0.1) is 0 Å². The predicted molar refractivity (Wildman–Crippen MR) is 81.4 cm³/mol. The average Bonchev–Trinajstić information content (AvgIpc) is 2.47. The summed E-state index contributed by atoms with van der Waals surface area (Å²) in [5.41, 5.74) is 1.80. The van der Waals surface area contributed by atoms with Gasteiger partial charge < -0.3 is 15.4 Å². The molecule has 0 spiro atoms. The van der Waals surface area contributed by atoms with E-state index in [1.54, 1.807) is 19.5 Å². The first-order valence-corrected chi connectivity index (χ1v) is 6.58. The first kappa shape index (κ1) is 14.8. The third kappa shape index (κ3) is 4.17. The lowest BCUT2D eigenvalue weighted by molar-refractivity contribution is -0.114. The van der Waals surface area contributed by atoms with E-state index in [-0.39, 0.29) is 11.9 Å². The lowest BCUT2D eigenvalue weighted by Crippen LogP contribution is -2.11. The van der Waals surface area contributed by atoms with Crippen LogP contribution >= 0.6 is 0 Å². The van der Waals surface area contributed by atoms with E-state index >= 15 is 0 Å². The van der Waals surface area contributed by atoms with Crippen molar-refractivity contribution in [3.63, 3.8) is 0 Å². The van der Waals surface area contributed by atoms with Crippen LogP contribution < -0.4 is 15.4 Å². The summed E-state index contributed by atoms with van der Waals surface area (Å²) in [6.07, 6.45) is 3.21. The number of methoxy groups -OCH3 is 1. The highest BCUT2D eigenvalue weighted by Crippen LogP contribution is 2.20. The van der Waals surface area contributed by atoms with E-state index in [0.29, 0.717) is 11.7 Å². The zero-order chi connectivity index (χ0) is 15.2. The Morgan fingerprint density at radius 3 is 2.62 bits per heavy atom. The van der Waals surface area contributed by atoms with Gasteiger partial charge in [0.15, 0.2) is 5.75 Å². The van der Waals surface area contributed by atoms with Gasteiger partial charge in [0, 0.05) is 12.6 Å². The molecule has 2 N–H and O–H groups in total. The van der Waals surface area contributed by atoms with E-state index in [0.717, 1.165) is 11.3 Å². The lowest BCUT2D eigenvalue weighted by Gasteiger charge is -2.15. The number of nitrogens with one attached hydrogen (secondary N) is 2. The number of nitrogens with zero attached hydrogens (tertiary/aromatic N) is 2. The number of carbonyl (C=O) groups is 1. The smallest absolute Gasteiger partial charge is 0.223 e. The molecule has 0 aliphatic carbocycles. The first-order valence-electron chi connectivity index (χ1n) is 6.58. The van der Waals surface area contributed by atoms with Crippen LogP contribution in [0.5, 0.6) is 5.75 Å². The molecule has 1 aromatic heterocycles. The summed E-state index contributed by atoms with van der Waals surface area (Å²) in [6.45, 7) is 3.49. The molecule has 0 radical (unpaired) electrons. The second-order valence-electron chi connectivity index (χ2n) is 4.62. The highest BCUT2D eigenvalue weighted by molar-refractivity contribution is 5.88. The van der Waals surface area contributed by atoms with Crippen LogP contribution in [0.2, 0.25) is 0 Å². The van der Waals surface area contributed by atoms with Crippen molar-refractivity contribution in [2.24, 2.45) is 0 Å².